The highest BCUT2D eigenvalue weighted by atomic mass is 19.4. The molecule has 1 unspecified atom stereocenters. The zero-order valence-corrected chi connectivity index (χ0v) is 16.2. The number of aryl methyl sites for hydroxylation is 2. The van der Waals surface area contributed by atoms with Crippen molar-refractivity contribution < 1.29 is 27.2 Å². The number of alkyl halides is 3. The first-order chi connectivity index (χ1) is 13.7. The third kappa shape index (κ3) is 4.78. The first-order valence-corrected chi connectivity index (χ1v) is 9.39. The van der Waals surface area contributed by atoms with E-state index in [1.165, 1.54) is 23.1 Å². The van der Waals surface area contributed by atoms with E-state index in [-0.39, 0.29) is 36.7 Å². The van der Waals surface area contributed by atoms with Gasteiger partial charge in [0.05, 0.1) is 17.3 Å². The van der Waals surface area contributed by atoms with Crippen molar-refractivity contribution in [3.05, 3.63) is 52.7 Å². The summed E-state index contributed by atoms with van der Waals surface area (Å²) in [4.78, 5) is 30.3. The Kier molecular flexibility index (Phi) is 5.95. The van der Waals surface area contributed by atoms with Gasteiger partial charge in [-0.3, -0.25) is 9.59 Å². The van der Waals surface area contributed by atoms with Gasteiger partial charge in [0.1, 0.15) is 0 Å². The molecule has 0 radical (unpaired) electrons. The summed E-state index contributed by atoms with van der Waals surface area (Å²) in [5.74, 6) is -0.217. The Morgan fingerprint density at radius 3 is 2.76 bits per heavy atom. The molecule has 1 fully saturated rings. The Labute approximate surface area is 166 Å². The van der Waals surface area contributed by atoms with Crippen molar-refractivity contribution in [2.24, 2.45) is 0 Å². The number of benzene rings is 1. The van der Waals surface area contributed by atoms with Crippen LogP contribution in [0, 0.1) is 6.92 Å². The van der Waals surface area contributed by atoms with E-state index in [1.807, 2.05) is 6.92 Å². The molecule has 1 aliphatic heterocycles. The monoisotopic (exact) mass is 409 g/mol. The van der Waals surface area contributed by atoms with Crippen molar-refractivity contribution in [3.8, 4) is 0 Å². The molecule has 6 nitrogen and oxygen atoms in total. The van der Waals surface area contributed by atoms with Gasteiger partial charge in [-0.1, -0.05) is 25.1 Å². The molecule has 2 aromatic rings. The molecule has 0 bridgehead atoms. The van der Waals surface area contributed by atoms with Crippen molar-refractivity contribution in [2.75, 3.05) is 6.54 Å². The highest BCUT2D eigenvalue weighted by Gasteiger charge is 2.36. The normalized spacial score (nSPS) is 17.1. The van der Waals surface area contributed by atoms with Crippen molar-refractivity contribution >= 4 is 11.8 Å². The van der Waals surface area contributed by atoms with Crippen LogP contribution in [-0.2, 0) is 23.9 Å². The number of halogens is 3. The van der Waals surface area contributed by atoms with E-state index in [0.717, 1.165) is 12.5 Å². The topological polar surface area (TPSA) is 75.4 Å². The van der Waals surface area contributed by atoms with E-state index < -0.39 is 23.7 Å². The average Bonchev–Trinajstić information content (AvgIpc) is 3.17. The quantitative estimate of drug-likeness (QED) is 0.793. The number of likely N-dealkylation sites (tertiary alicyclic amines) is 1. The molecular formula is C20H22F3N3O3. The molecule has 0 aliphatic carbocycles. The highest BCUT2D eigenvalue weighted by Crippen LogP contribution is 2.33. The van der Waals surface area contributed by atoms with Crippen LogP contribution >= 0.6 is 0 Å². The number of carbonyl (C=O) groups excluding carboxylic acids is 2. The lowest BCUT2D eigenvalue weighted by atomic mass is 10.1. The van der Waals surface area contributed by atoms with Crippen molar-refractivity contribution in [3.63, 3.8) is 0 Å². The number of aromatic nitrogens is 1. The fourth-order valence-corrected chi connectivity index (χ4v) is 3.40. The summed E-state index contributed by atoms with van der Waals surface area (Å²) in [7, 11) is 0. The number of hydrogen-bond acceptors (Lipinski definition) is 4. The molecule has 1 saturated heterocycles. The molecule has 1 N–H and O–H groups in total. The Bertz CT molecular complexity index is 908. The van der Waals surface area contributed by atoms with Gasteiger partial charge in [0.25, 0.3) is 5.91 Å². The zero-order chi connectivity index (χ0) is 21.2. The number of oxazole rings is 1. The first-order valence-electron chi connectivity index (χ1n) is 9.39. The summed E-state index contributed by atoms with van der Waals surface area (Å²) < 4.78 is 45.0. The summed E-state index contributed by atoms with van der Waals surface area (Å²) in [6.45, 7) is 3.60. The van der Waals surface area contributed by atoms with Gasteiger partial charge in [-0.2, -0.15) is 13.2 Å². The van der Waals surface area contributed by atoms with Crippen molar-refractivity contribution in [1.82, 2.24) is 15.2 Å². The molecule has 29 heavy (non-hydrogen) atoms. The van der Waals surface area contributed by atoms with Crippen LogP contribution in [0.1, 0.15) is 53.0 Å². The summed E-state index contributed by atoms with van der Waals surface area (Å²) in [5, 5.41) is 2.73. The van der Waals surface area contributed by atoms with Crippen LogP contribution in [0.15, 0.2) is 28.7 Å². The van der Waals surface area contributed by atoms with Crippen LogP contribution in [0.5, 0.6) is 0 Å². The number of nitrogens with zero attached hydrogens (tertiary/aromatic N) is 2. The van der Waals surface area contributed by atoms with E-state index in [4.69, 9.17) is 4.42 Å². The molecule has 1 aliphatic rings. The Hall–Kier alpha value is -2.84. The summed E-state index contributed by atoms with van der Waals surface area (Å²) >= 11 is 0. The van der Waals surface area contributed by atoms with Gasteiger partial charge in [0.2, 0.25) is 11.7 Å². The second-order valence-corrected chi connectivity index (χ2v) is 7.08. The molecule has 1 atom stereocenters. The maximum atomic E-state index is 13.2. The third-order valence-corrected chi connectivity index (χ3v) is 4.74. The van der Waals surface area contributed by atoms with Gasteiger partial charge in [-0.05, 0) is 25.0 Å². The van der Waals surface area contributed by atoms with Crippen molar-refractivity contribution in [2.45, 2.75) is 51.9 Å². The summed E-state index contributed by atoms with van der Waals surface area (Å²) in [6, 6.07) is 4.66. The molecule has 0 saturated carbocycles. The van der Waals surface area contributed by atoms with Gasteiger partial charge in [-0.15, -0.1) is 0 Å². The number of carbonyl (C=O) groups is 2. The smallest absolute Gasteiger partial charge is 0.416 e. The van der Waals surface area contributed by atoms with E-state index in [1.54, 1.807) is 6.92 Å². The molecule has 2 heterocycles. The van der Waals surface area contributed by atoms with E-state index in [0.29, 0.717) is 18.0 Å². The van der Waals surface area contributed by atoms with Gasteiger partial charge in [0.15, 0.2) is 5.89 Å². The van der Waals surface area contributed by atoms with E-state index in [9.17, 15) is 22.8 Å². The second kappa shape index (κ2) is 8.26. The molecule has 156 valence electrons. The predicted molar refractivity (Wildman–Crippen MR) is 98.0 cm³/mol. The maximum Gasteiger partial charge on any atom is 0.416 e. The average molecular weight is 409 g/mol. The van der Waals surface area contributed by atoms with Gasteiger partial charge in [-0.25, -0.2) is 4.98 Å². The molecule has 0 spiro atoms. The van der Waals surface area contributed by atoms with Gasteiger partial charge in [0, 0.05) is 25.9 Å². The summed E-state index contributed by atoms with van der Waals surface area (Å²) in [6.07, 6.45) is -3.03. The van der Waals surface area contributed by atoms with Crippen LogP contribution < -0.4 is 5.32 Å². The number of nitrogens with one attached hydrogen (secondary N) is 1. The third-order valence-electron chi connectivity index (χ3n) is 4.74. The lowest BCUT2D eigenvalue weighted by molar-refractivity contribution is -0.139. The fraction of sp³-hybridized carbons (Fsp3) is 0.450. The highest BCUT2D eigenvalue weighted by molar-refractivity contribution is 5.93. The minimum absolute atomic E-state index is 0.0227. The van der Waals surface area contributed by atoms with Gasteiger partial charge < -0.3 is 14.6 Å². The zero-order valence-electron chi connectivity index (χ0n) is 16.2. The predicted octanol–water partition coefficient (Wildman–Crippen LogP) is 3.49. The molecular weight excluding hydrogens is 387 g/mol. The van der Waals surface area contributed by atoms with Crippen LogP contribution in [0.4, 0.5) is 13.2 Å². The molecule has 3 rings (SSSR count). The lowest BCUT2D eigenvalue weighted by Crippen LogP contribution is -2.37. The number of amides is 2. The number of rotatable bonds is 6. The Morgan fingerprint density at radius 2 is 2.07 bits per heavy atom. The molecule has 9 heteroatoms. The van der Waals surface area contributed by atoms with E-state index >= 15 is 0 Å². The molecule has 2 amide bonds. The van der Waals surface area contributed by atoms with Crippen LogP contribution in [0.25, 0.3) is 0 Å². The van der Waals surface area contributed by atoms with Crippen LogP contribution in [0.2, 0.25) is 0 Å². The second-order valence-electron chi connectivity index (χ2n) is 7.08. The maximum absolute atomic E-state index is 13.2. The van der Waals surface area contributed by atoms with Gasteiger partial charge >= 0.3 is 6.18 Å². The van der Waals surface area contributed by atoms with E-state index in [2.05, 4.69) is 10.3 Å². The molecule has 1 aromatic heterocycles. The first kappa shape index (κ1) is 20.9. The largest absolute Gasteiger partial charge is 0.435 e. The fourth-order valence-electron chi connectivity index (χ4n) is 3.40. The Balaban J connectivity index is 1.66. The minimum Gasteiger partial charge on any atom is -0.435 e. The van der Waals surface area contributed by atoms with Crippen molar-refractivity contribution in [1.29, 1.82) is 0 Å². The lowest BCUT2D eigenvalue weighted by Gasteiger charge is -2.20. The van der Waals surface area contributed by atoms with Crippen LogP contribution in [0.3, 0.4) is 0 Å². The standard InChI is InChI=1S/C20H22F3N3O3/c1-3-6-16-24-12(2)18(29-16)19(28)25-14-9-17(27)26(11-14)10-13-7-4-5-8-15(13)20(21,22)23/h4-5,7-8,14H,3,6,9-11H2,1-2H3,(H,25,28). The van der Waals surface area contributed by atoms with Crippen LogP contribution in [-0.4, -0.2) is 34.3 Å². The minimum atomic E-state index is -4.49. The molecule has 1 aromatic carbocycles. The SMILES string of the molecule is CCCc1nc(C)c(C(=O)NC2CC(=O)N(Cc3ccccc3C(F)(F)F)C2)o1. The number of hydrogen-bond donors (Lipinski definition) is 1. The summed E-state index contributed by atoms with van der Waals surface area (Å²) in [5.41, 5.74) is -0.275. The Morgan fingerprint density at radius 1 is 1.34 bits per heavy atom.